The zero-order valence-corrected chi connectivity index (χ0v) is 17.8. The van der Waals surface area contributed by atoms with Crippen molar-refractivity contribution < 1.29 is 9.72 Å². The van der Waals surface area contributed by atoms with Gasteiger partial charge in [-0.05, 0) is 49.1 Å². The molecule has 1 aliphatic heterocycles. The van der Waals surface area contributed by atoms with Gasteiger partial charge in [0, 0.05) is 23.8 Å². The minimum atomic E-state index is -0.414. The fraction of sp³-hybridized carbons (Fsp3) is 0.500. The Bertz CT molecular complexity index is 1020. The summed E-state index contributed by atoms with van der Waals surface area (Å²) in [5, 5.41) is 15.1. The number of carbonyl (C=O) groups excluding carboxylic acids is 1. The Morgan fingerprint density at radius 3 is 2.73 bits per heavy atom. The molecule has 30 heavy (non-hydrogen) atoms. The monoisotopic (exact) mass is 409 g/mol. The van der Waals surface area contributed by atoms with Crippen LogP contribution in [0.15, 0.2) is 30.6 Å². The number of ketones is 1. The van der Waals surface area contributed by atoms with E-state index in [1.54, 1.807) is 24.3 Å². The van der Waals surface area contributed by atoms with Gasteiger partial charge in [0.15, 0.2) is 5.78 Å². The van der Waals surface area contributed by atoms with Gasteiger partial charge in [-0.2, -0.15) is 0 Å². The molecule has 2 atom stereocenters. The van der Waals surface area contributed by atoms with Gasteiger partial charge in [0.1, 0.15) is 6.33 Å². The van der Waals surface area contributed by atoms with Crippen molar-refractivity contribution in [2.75, 3.05) is 16.8 Å². The molecule has 2 fully saturated rings. The fourth-order valence-corrected chi connectivity index (χ4v) is 5.50. The Balaban J connectivity index is 1.72. The van der Waals surface area contributed by atoms with E-state index in [2.05, 4.69) is 41.0 Å². The first-order chi connectivity index (χ1) is 14.1. The molecule has 1 N–H and O–H groups in total. The third-order valence-electron chi connectivity index (χ3n) is 6.20. The number of anilines is 3. The van der Waals surface area contributed by atoms with Crippen molar-refractivity contribution in [3.8, 4) is 0 Å². The highest BCUT2D eigenvalue weighted by atomic mass is 16.6. The highest BCUT2D eigenvalue weighted by molar-refractivity contribution is 5.95. The molecule has 0 spiro atoms. The van der Waals surface area contributed by atoms with Crippen molar-refractivity contribution in [2.45, 2.75) is 53.0 Å². The van der Waals surface area contributed by atoms with E-state index in [9.17, 15) is 14.9 Å². The van der Waals surface area contributed by atoms with Gasteiger partial charge in [0.05, 0.1) is 4.92 Å². The van der Waals surface area contributed by atoms with E-state index in [-0.39, 0.29) is 34.2 Å². The van der Waals surface area contributed by atoms with E-state index in [0.29, 0.717) is 17.1 Å². The zero-order chi connectivity index (χ0) is 21.7. The molecule has 1 saturated heterocycles. The smallest absolute Gasteiger partial charge is 0.347 e. The predicted molar refractivity (Wildman–Crippen MR) is 115 cm³/mol. The number of carbonyl (C=O) groups is 1. The number of nitro groups is 1. The van der Waals surface area contributed by atoms with Gasteiger partial charge < -0.3 is 10.2 Å². The van der Waals surface area contributed by atoms with Crippen LogP contribution in [0.5, 0.6) is 0 Å². The number of hydrogen-bond acceptors (Lipinski definition) is 7. The summed E-state index contributed by atoms with van der Waals surface area (Å²) in [6.07, 6.45) is 4.46. The van der Waals surface area contributed by atoms with Gasteiger partial charge in [0.25, 0.3) is 0 Å². The van der Waals surface area contributed by atoms with Crippen molar-refractivity contribution in [1.82, 2.24) is 9.97 Å². The minimum absolute atomic E-state index is 0.0725. The van der Waals surface area contributed by atoms with Crippen LogP contribution in [-0.2, 0) is 0 Å². The molecule has 8 heteroatoms. The molecule has 1 aromatic heterocycles. The summed E-state index contributed by atoms with van der Waals surface area (Å²) >= 11 is 0. The van der Waals surface area contributed by atoms with Crippen LogP contribution in [0.25, 0.3) is 0 Å². The van der Waals surface area contributed by atoms with Crippen molar-refractivity contribution in [3.63, 3.8) is 0 Å². The van der Waals surface area contributed by atoms with E-state index in [1.165, 1.54) is 13.3 Å². The number of Topliss-reactive ketones (excluding diaryl/α,β-unsaturated/α-hetero) is 1. The first kappa shape index (κ1) is 20.3. The first-order valence-corrected chi connectivity index (χ1v) is 10.2. The molecular weight excluding hydrogens is 382 g/mol. The van der Waals surface area contributed by atoms with Gasteiger partial charge in [0.2, 0.25) is 11.6 Å². The van der Waals surface area contributed by atoms with Gasteiger partial charge in [-0.3, -0.25) is 14.9 Å². The predicted octanol–water partition coefficient (Wildman–Crippen LogP) is 4.74. The molecule has 2 aromatic rings. The summed E-state index contributed by atoms with van der Waals surface area (Å²) < 4.78 is 0. The van der Waals surface area contributed by atoms with Crippen LogP contribution in [0, 0.1) is 20.9 Å². The molecule has 8 nitrogen and oxygen atoms in total. The van der Waals surface area contributed by atoms with Gasteiger partial charge in [-0.25, -0.2) is 9.97 Å². The average Bonchev–Trinajstić information content (AvgIpc) is 2.90. The summed E-state index contributed by atoms with van der Waals surface area (Å²) in [5.41, 5.74) is 1.29. The summed E-state index contributed by atoms with van der Waals surface area (Å²) in [4.78, 5) is 33.9. The maximum Gasteiger partial charge on any atom is 0.353 e. The molecule has 2 bridgehead atoms. The lowest BCUT2D eigenvalue weighted by Crippen LogP contribution is -2.35. The highest BCUT2D eigenvalue weighted by Crippen LogP contribution is 2.54. The number of hydrogen-bond donors (Lipinski definition) is 1. The largest absolute Gasteiger partial charge is 0.353 e. The van der Waals surface area contributed by atoms with Crippen LogP contribution in [0.2, 0.25) is 0 Å². The summed E-state index contributed by atoms with van der Waals surface area (Å²) in [6.45, 7) is 9.03. The molecule has 2 heterocycles. The molecule has 4 rings (SSSR count). The second-order valence-electron chi connectivity index (χ2n) is 9.76. The van der Waals surface area contributed by atoms with Crippen LogP contribution in [0.4, 0.5) is 23.0 Å². The molecule has 2 unspecified atom stereocenters. The van der Waals surface area contributed by atoms with Crippen LogP contribution >= 0.6 is 0 Å². The molecule has 2 aliphatic rings. The molecule has 1 aromatic carbocycles. The summed E-state index contributed by atoms with van der Waals surface area (Å²) in [6, 6.07) is 7.09. The Morgan fingerprint density at radius 2 is 2.03 bits per heavy atom. The van der Waals surface area contributed by atoms with Gasteiger partial charge in [-0.15, -0.1) is 0 Å². The standard InChI is InChI=1S/C22H27N5O3/c1-14(28)15-6-5-7-16(8-15)25-19-18(27(29)30)20(24-13-23-19)26-12-22(4)10-17(26)9-21(2,3)11-22/h5-8,13,17H,9-12H2,1-4H3,(H,23,24,25). The van der Waals surface area contributed by atoms with Crippen molar-refractivity contribution in [3.05, 3.63) is 46.3 Å². The highest BCUT2D eigenvalue weighted by Gasteiger charge is 2.51. The second-order valence-corrected chi connectivity index (χ2v) is 9.76. The number of benzene rings is 1. The molecule has 1 saturated carbocycles. The number of aromatic nitrogens is 2. The first-order valence-electron chi connectivity index (χ1n) is 10.2. The van der Waals surface area contributed by atoms with Crippen LogP contribution in [0.1, 0.15) is 57.3 Å². The summed E-state index contributed by atoms with van der Waals surface area (Å²) in [7, 11) is 0. The quantitative estimate of drug-likeness (QED) is 0.432. The average molecular weight is 409 g/mol. The molecular formula is C22H27N5O3. The summed E-state index contributed by atoms with van der Waals surface area (Å²) in [5.74, 6) is 0.430. The Morgan fingerprint density at radius 1 is 1.27 bits per heavy atom. The van der Waals surface area contributed by atoms with E-state index < -0.39 is 4.92 Å². The number of fused-ring (bicyclic) bond motifs is 2. The lowest BCUT2D eigenvalue weighted by Gasteiger charge is -2.39. The maximum absolute atomic E-state index is 12.1. The molecule has 158 valence electrons. The molecule has 0 amide bonds. The Hall–Kier alpha value is -3.03. The Labute approximate surface area is 175 Å². The topological polar surface area (TPSA) is 101 Å². The van der Waals surface area contributed by atoms with Crippen LogP contribution in [-0.4, -0.2) is 33.3 Å². The second kappa shape index (κ2) is 7.04. The SMILES string of the molecule is CC(=O)c1cccc(Nc2ncnc(N3CC4(C)CC3CC(C)(C)C4)c2[N+](=O)[O-])c1. The maximum atomic E-state index is 12.1. The van der Waals surface area contributed by atoms with Crippen molar-refractivity contribution >= 4 is 28.8 Å². The molecule has 0 radical (unpaired) electrons. The van der Waals surface area contributed by atoms with E-state index in [4.69, 9.17) is 0 Å². The third-order valence-corrected chi connectivity index (χ3v) is 6.20. The van der Waals surface area contributed by atoms with E-state index in [1.807, 2.05) is 0 Å². The van der Waals surface area contributed by atoms with Gasteiger partial charge in [-0.1, -0.05) is 32.9 Å². The lowest BCUT2D eigenvalue weighted by molar-refractivity contribution is -0.383. The molecule has 1 aliphatic carbocycles. The van der Waals surface area contributed by atoms with Crippen LogP contribution in [0.3, 0.4) is 0 Å². The number of nitrogens with zero attached hydrogens (tertiary/aromatic N) is 4. The van der Waals surface area contributed by atoms with Crippen molar-refractivity contribution in [1.29, 1.82) is 0 Å². The Kier molecular flexibility index (Phi) is 4.75. The van der Waals surface area contributed by atoms with Gasteiger partial charge >= 0.3 is 5.69 Å². The normalized spacial score (nSPS) is 24.5. The third kappa shape index (κ3) is 3.74. The minimum Gasteiger partial charge on any atom is -0.347 e. The zero-order valence-electron chi connectivity index (χ0n) is 17.8. The number of rotatable bonds is 5. The van der Waals surface area contributed by atoms with E-state index >= 15 is 0 Å². The van der Waals surface area contributed by atoms with E-state index in [0.717, 1.165) is 25.8 Å². The number of nitrogens with one attached hydrogen (secondary N) is 1. The lowest BCUT2D eigenvalue weighted by atomic mass is 9.65. The van der Waals surface area contributed by atoms with Crippen molar-refractivity contribution in [2.24, 2.45) is 10.8 Å². The fourth-order valence-electron chi connectivity index (χ4n) is 5.50. The van der Waals surface area contributed by atoms with Crippen LogP contribution < -0.4 is 10.2 Å².